The van der Waals surface area contributed by atoms with Crippen LogP contribution in [0.1, 0.15) is 50.2 Å². The minimum Gasteiger partial charge on any atom is -0.396 e. The van der Waals surface area contributed by atoms with E-state index in [2.05, 4.69) is 28.6 Å². The molecule has 0 aromatic carbocycles. The van der Waals surface area contributed by atoms with Gasteiger partial charge in [-0.3, -0.25) is 0 Å². The first kappa shape index (κ1) is 9.65. The Morgan fingerprint density at radius 2 is 2.29 bits per heavy atom. The van der Waals surface area contributed by atoms with Crippen molar-refractivity contribution in [3.63, 3.8) is 0 Å². The van der Waals surface area contributed by atoms with Gasteiger partial charge in [0.1, 0.15) is 11.6 Å². The largest absolute Gasteiger partial charge is 0.396 e. The van der Waals surface area contributed by atoms with E-state index in [0.717, 1.165) is 31.0 Å². The number of aromatic nitrogens is 3. The number of fused-ring (bicyclic) bond motifs is 1. The second-order valence-electron chi connectivity index (χ2n) is 4.22. The lowest BCUT2D eigenvalue weighted by atomic mass is 10.0. The molecule has 0 saturated heterocycles. The Morgan fingerprint density at radius 1 is 1.50 bits per heavy atom. The van der Waals surface area contributed by atoms with E-state index in [1.807, 2.05) is 0 Å². The van der Waals surface area contributed by atoms with Gasteiger partial charge in [-0.05, 0) is 12.8 Å². The van der Waals surface area contributed by atoms with Crippen LogP contribution in [0.2, 0.25) is 0 Å². The Labute approximate surface area is 84.0 Å². The molecule has 0 amide bonds. The first-order chi connectivity index (χ1) is 6.74. The number of rotatable bonds is 3. The Kier molecular flexibility index (Phi) is 2.54. The number of aliphatic hydroxyl groups is 1. The molecule has 4 nitrogen and oxygen atoms in total. The summed E-state index contributed by atoms with van der Waals surface area (Å²) in [5.41, 5.74) is 0. The quantitative estimate of drug-likeness (QED) is 0.790. The van der Waals surface area contributed by atoms with E-state index < -0.39 is 0 Å². The molecule has 0 bridgehead atoms. The van der Waals surface area contributed by atoms with Crippen molar-refractivity contribution < 1.29 is 5.11 Å². The van der Waals surface area contributed by atoms with Gasteiger partial charge in [-0.1, -0.05) is 13.8 Å². The molecule has 2 heterocycles. The van der Waals surface area contributed by atoms with Crippen LogP contribution in [-0.4, -0.2) is 26.5 Å². The molecule has 1 unspecified atom stereocenters. The van der Waals surface area contributed by atoms with Crippen molar-refractivity contribution >= 4 is 0 Å². The van der Waals surface area contributed by atoms with E-state index in [1.165, 1.54) is 0 Å². The summed E-state index contributed by atoms with van der Waals surface area (Å²) in [4.78, 5) is 0. The number of hydrogen-bond donors (Lipinski definition) is 1. The van der Waals surface area contributed by atoms with Gasteiger partial charge in [0.2, 0.25) is 0 Å². The van der Waals surface area contributed by atoms with Gasteiger partial charge in [-0.2, -0.15) is 0 Å². The minimum absolute atomic E-state index is 0.245. The molecule has 1 aromatic rings. The fourth-order valence-corrected chi connectivity index (χ4v) is 2.13. The smallest absolute Gasteiger partial charge is 0.136 e. The zero-order valence-corrected chi connectivity index (χ0v) is 8.77. The maximum absolute atomic E-state index is 8.91. The van der Waals surface area contributed by atoms with Crippen molar-refractivity contribution in [3.8, 4) is 0 Å². The molecular formula is C10H17N3O. The molecule has 78 valence electrons. The van der Waals surface area contributed by atoms with Crippen LogP contribution in [0.5, 0.6) is 0 Å². The fraction of sp³-hybridized carbons (Fsp3) is 0.800. The summed E-state index contributed by atoms with van der Waals surface area (Å²) in [7, 11) is 0. The van der Waals surface area contributed by atoms with Crippen LogP contribution in [0.3, 0.4) is 0 Å². The maximum Gasteiger partial charge on any atom is 0.136 e. The predicted octanol–water partition coefficient (Wildman–Crippen LogP) is 1.27. The summed E-state index contributed by atoms with van der Waals surface area (Å²) < 4.78 is 2.21. The van der Waals surface area contributed by atoms with E-state index in [-0.39, 0.29) is 6.61 Å². The Balaban J connectivity index is 2.25. The summed E-state index contributed by atoms with van der Waals surface area (Å²) in [5.74, 6) is 3.01. The van der Waals surface area contributed by atoms with Gasteiger partial charge in [0.25, 0.3) is 0 Å². The third kappa shape index (κ3) is 1.43. The summed E-state index contributed by atoms with van der Waals surface area (Å²) in [6, 6.07) is 0. The first-order valence-electron chi connectivity index (χ1n) is 5.28. The molecule has 0 fully saturated rings. The van der Waals surface area contributed by atoms with Gasteiger partial charge in [0, 0.05) is 25.0 Å². The molecule has 4 heteroatoms. The van der Waals surface area contributed by atoms with Crippen molar-refractivity contribution in [2.45, 2.75) is 45.1 Å². The average Bonchev–Trinajstić information content (AvgIpc) is 2.67. The lowest BCUT2D eigenvalue weighted by Gasteiger charge is -2.04. The molecule has 1 atom stereocenters. The van der Waals surface area contributed by atoms with Crippen LogP contribution < -0.4 is 0 Å². The first-order valence-corrected chi connectivity index (χ1v) is 5.28. The SMILES string of the molecule is CC(C)c1nnc2n1CCC2CCO. The zero-order valence-electron chi connectivity index (χ0n) is 8.77. The van der Waals surface area contributed by atoms with Gasteiger partial charge >= 0.3 is 0 Å². The maximum atomic E-state index is 8.91. The molecule has 2 rings (SSSR count). The van der Waals surface area contributed by atoms with Crippen LogP contribution in [0.4, 0.5) is 0 Å². The van der Waals surface area contributed by atoms with Crippen LogP contribution >= 0.6 is 0 Å². The number of hydrogen-bond acceptors (Lipinski definition) is 3. The normalized spacial score (nSPS) is 20.4. The van der Waals surface area contributed by atoms with Crippen molar-refractivity contribution in [1.82, 2.24) is 14.8 Å². The van der Waals surface area contributed by atoms with E-state index in [4.69, 9.17) is 5.11 Å². The highest BCUT2D eigenvalue weighted by molar-refractivity contribution is 5.09. The summed E-state index contributed by atoms with van der Waals surface area (Å²) in [6.07, 6.45) is 1.92. The third-order valence-corrected chi connectivity index (χ3v) is 2.87. The van der Waals surface area contributed by atoms with Crippen molar-refractivity contribution in [2.75, 3.05) is 6.61 Å². The molecule has 0 saturated carbocycles. The molecule has 1 aliphatic heterocycles. The van der Waals surface area contributed by atoms with Crippen molar-refractivity contribution in [2.24, 2.45) is 0 Å². The van der Waals surface area contributed by atoms with E-state index in [1.54, 1.807) is 0 Å². The topological polar surface area (TPSA) is 50.9 Å². The lowest BCUT2D eigenvalue weighted by Crippen LogP contribution is -2.02. The molecule has 1 N–H and O–H groups in total. The van der Waals surface area contributed by atoms with Gasteiger partial charge in [0.15, 0.2) is 0 Å². The van der Waals surface area contributed by atoms with Gasteiger partial charge in [-0.15, -0.1) is 10.2 Å². The highest BCUT2D eigenvalue weighted by Gasteiger charge is 2.27. The molecule has 1 aliphatic rings. The average molecular weight is 195 g/mol. The minimum atomic E-state index is 0.245. The molecule has 14 heavy (non-hydrogen) atoms. The molecule has 0 spiro atoms. The Bertz CT molecular complexity index is 319. The molecular weight excluding hydrogens is 178 g/mol. The Morgan fingerprint density at radius 3 is 2.93 bits per heavy atom. The summed E-state index contributed by atoms with van der Waals surface area (Å²) >= 11 is 0. The van der Waals surface area contributed by atoms with Gasteiger partial charge in [-0.25, -0.2) is 0 Å². The van der Waals surface area contributed by atoms with E-state index >= 15 is 0 Å². The number of nitrogens with zero attached hydrogens (tertiary/aromatic N) is 3. The van der Waals surface area contributed by atoms with Crippen LogP contribution in [0.25, 0.3) is 0 Å². The number of aliphatic hydroxyl groups excluding tert-OH is 1. The van der Waals surface area contributed by atoms with E-state index in [0.29, 0.717) is 11.8 Å². The highest BCUT2D eigenvalue weighted by atomic mass is 16.3. The zero-order chi connectivity index (χ0) is 10.1. The lowest BCUT2D eigenvalue weighted by molar-refractivity contribution is 0.274. The van der Waals surface area contributed by atoms with E-state index in [9.17, 15) is 0 Å². The molecule has 0 aliphatic carbocycles. The monoisotopic (exact) mass is 195 g/mol. The summed E-state index contributed by atoms with van der Waals surface area (Å²) in [5, 5.41) is 17.3. The summed E-state index contributed by atoms with van der Waals surface area (Å²) in [6.45, 7) is 5.53. The standard InChI is InChI=1S/C10H17N3O/c1-7(2)9-11-12-10-8(4-6-14)3-5-13(9)10/h7-8,14H,3-6H2,1-2H3. The van der Waals surface area contributed by atoms with Crippen molar-refractivity contribution in [1.29, 1.82) is 0 Å². The molecule has 1 aromatic heterocycles. The fourth-order valence-electron chi connectivity index (χ4n) is 2.13. The predicted molar refractivity (Wildman–Crippen MR) is 53.2 cm³/mol. The van der Waals surface area contributed by atoms with Crippen LogP contribution in [0, 0.1) is 0 Å². The van der Waals surface area contributed by atoms with Crippen molar-refractivity contribution in [3.05, 3.63) is 11.6 Å². The van der Waals surface area contributed by atoms with Gasteiger partial charge < -0.3 is 9.67 Å². The van der Waals surface area contributed by atoms with Crippen LogP contribution in [-0.2, 0) is 6.54 Å². The third-order valence-electron chi connectivity index (χ3n) is 2.87. The second kappa shape index (κ2) is 3.69. The molecule has 0 radical (unpaired) electrons. The highest BCUT2D eigenvalue weighted by Crippen LogP contribution is 2.31. The second-order valence-corrected chi connectivity index (χ2v) is 4.22. The Hall–Kier alpha value is -0.900. The van der Waals surface area contributed by atoms with Crippen LogP contribution in [0.15, 0.2) is 0 Å². The van der Waals surface area contributed by atoms with Gasteiger partial charge in [0.05, 0.1) is 0 Å².